The van der Waals surface area contributed by atoms with Crippen molar-refractivity contribution in [3.05, 3.63) is 0 Å². The zero-order chi connectivity index (χ0) is 17.6. The molecule has 0 aliphatic heterocycles. The van der Waals surface area contributed by atoms with E-state index in [9.17, 15) is 9.59 Å². The lowest BCUT2D eigenvalue weighted by Gasteiger charge is -2.29. The molecule has 0 bridgehead atoms. The second-order valence-corrected chi connectivity index (χ2v) is 7.17. The molecule has 0 heterocycles. The van der Waals surface area contributed by atoms with Gasteiger partial charge < -0.3 is 20.3 Å². The molecule has 22 heavy (non-hydrogen) atoms. The molecule has 0 aliphatic rings. The number of hydrogen-bond acceptors (Lipinski definition) is 6. The Bertz CT molecular complexity index is 343. The van der Waals surface area contributed by atoms with Crippen LogP contribution in [0.4, 0.5) is 9.59 Å². The van der Waals surface area contributed by atoms with Gasteiger partial charge in [0.1, 0.15) is 11.2 Å². The normalized spacial score (nSPS) is 13.5. The van der Waals surface area contributed by atoms with E-state index in [-0.39, 0.29) is 19.2 Å². The van der Waals surface area contributed by atoms with E-state index in [4.69, 9.17) is 20.3 Å². The topological polar surface area (TPSA) is 102 Å². The minimum atomic E-state index is -0.766. The summed E-state index contributed by atoms with van der Waals surface area (Å²) in [5.74, 6) is 0. The number of imide groups is 1. The van der Waals surface area contributed by atoms with Gasteiger partial charge in [-0.15, -0.1) is 0 Å². The van der Waals surface area contributed by atoms with Gasteiger partial charge in [-0.1, -0.05) is 0 Å². The highest BCUT2D eigenvalue weighted by Gasteiger charge is 2.31. The molecule has 0 aromatic heterocycles. The van der Waals surface area contributed by atoms with Crippen LogP contribution in [-0.4, -0.2) is 52.6 Å². The van der Waals surface area contributed by atoms with Crippen molar-refractivity contribution >= 4 is 12.2 Å². The molecule has 2 amide bonds. The molecule has 3 N–H and O–H groups in total. The van der Waals surface area contributed by atoms with E-state index in [1.807, 2.05) is 0 Å². The van der Waals surface area contributed by atoms with Gasteiger partial charge in [-0.25, -0.2) is 14.5 Å². The number of hydrogen-bond donors (Lipinski definition) is 2. The summed E-state index contributed by atoms with van der Waals surface area (Å²) in [5, 5.41) is 8.85. The van der Waals surface area contributed by atoms with Gasteiger partial charge in [-0.2, -0.15) is 0 Å². The number of nitrogens with zero attached hydrogens (tertiary/aromatic N) is 1. The molecule has 0 saturated carbocycles. The summed E-state index contributed by atoms with van der Waals surface area (Å²) >= 11 is 0. The highest BCUT2D eigenvalue weighted by molar-refractivity contribution is 5.88. The van der Waals surface area contributed by atoms with Gasteiger partial charge in [-0.3, -0.25) is 0 Å². The third-order valence-corrected chi connectivity index (χ3v) is 2.45. The van der Waals surface area contributed by atoms with Gasteiger partial charge in [0.05, 0.1) is 0 Å². The van der Waals surface area contributed by atoms with Crippen molar-refractivity contribution in [2.24, 2.45) is 5.73 Å². The number of nitrogens with two attached hydrogens (primary N) is 1. The summed E-state index contributed by atoms with van der Waals surface area (Å²) in [6, 6.07) is -0.308. The number of rotatable bonds is 5. The van der Waals surface area contributed by atoms with Crippen LogP contribution in [0.25, 0.3) is 0 Å². The summed E-state index contributed by atoms with van der Waals surface area (Å²) in [6.45, 7) is 10.3. The number of amides is 2. The Morgan fingerprint density at radius 2 is 1.41 bits per heavy atom. The summed E-state index contributed by atoms with van der Waals surface area (Å²) < 4.78 is 10.4. The first-order chi connectivity index (χ1) is 9.85. The van der Waals surface area contributed by atoms with Crippen molar-refractivity contribution in [3.63, 3.8) is 0 Å². The summed E-state index contributed by atoms with van der Waals surface area (Å²) in [7, 11) is 0. The Labute approximate surface area is 132 Å². The van der Waals surface area contributed by atoms with Crippen molar-refractivity contribution in [1.82, 2.24) is 4.90 Å². The van der Waals surface area contributed by atoms with Gasteiger partial charge in [0.25, 0.3) is 0 Å². The van der Waals surface area contributed by atoms with Gasteiger partial charge in [0.2, 0.25) is 0 Å². The molecule has 0 fully saturated rings. The van der Waals surface area contributed by atoms with E-state index >= 15 is 0 Å². The maximum absolute atomic E-state index is 12.2. The molecule has 0 saturated heterocycles. The molecule has 7 heteroatoms. The zero-order valence-electron chi connectivity index (χ0n) is 14.5. The summed E-state index contributed by atoms with van der Waals surface area (Å²) in [6.07, 6.45) is -0.772. The molecule has 0 aromatic carbocycles. The first-order valence-electron chi connectivity index (χ1n) is 7.45. The third-order valence-electron chi connectivity index (χ3n) is 2.45. The maximum atomic E-state index is 12.2. The zero-order valence-corrected chi connectivity index (χ0v) is 14.5. The van der Waals surface area contributed by atoms with Crippen LogP contribution in [0.3, 0.4) is 0 Å². The van der Waals surface area contributed by atoms with E-state index in [2.05, 4.69) is 0 Å². The number of ether oxygens (including phenoxy) is 2. The van der Waals surface area contributed by atoms with Crippen molar-refractivity contribution in [3.8, 4) is 0 Å². The van der Waals surface area contributed by atoms with Crippen molar-refractivity contribution in [2.75, 3.05) is 13.2 Å². The lowest BCUT2D eigenvalue weighted by Crippen LogP contribution is -2.45. The van der Waals surface area contributed by atoms with Crippen molar-refractivity contribution in [2.45, 2.75) is 71.6 Å². The van der Waals surface area contributed by atoms with Crippen molar-refractivity contribution < 1.29 is 24.2 Å². The van der Waals surface area contributed by atoms with Crippen LogP contribution in [0.15, 0.2) is 0 Å². The Morgan fingerprint density at radius 3 is 1.73 bits per heavy atom. The molecule has 0 aromatic rings. The second-order valence-electron chi connectivity index (χ2n) is 7.17. The number of aliphatic hydroxyl groups is 1. The maximum Gasteiger partial charge on any atom is 0.419 e. The quantitative estimate of drug-likeness (QED) is 0.806. The molecule has 1 unspecified atom stereocenters. The highest BCUT2D eigenvalue weighted by atomic mass is 16.6. The Balaban J connectivity index is 4.90. The van der Waals surface area contributed by atoms with Gasteiger partial charge >= 0.3 is 12.2 Å². The monoisotopic (exact) mass is 318 g/mol. The predicted octanol–water partition coefficient (Wildman–Crippen LogP) is 2.26. The predicted molar refractivity (Wildman–Crippen MR) is 83.5 cm³/mol. The second kappa shape index (κ2) is 8.33. The molecular weight excluding hydrogens is 288 g/mol. The first kappa shape index (κ1) is 20.7. The largest absolute Gasteiger partial charge is 0.443 e. The van der Waals surface area contributed by atoms with Gasteiger partial charge in [0, 0.05) is 19.2 Å². The molecule has 0 aliphatic carbocycles. The Morgan fingerprint density at radius 1 is 1.00 bits per heavy atom. The standard InChI is InChI=1S/C15H30N2O5/c1-14(2,3)21-12(19)17(9-7-11(16)8-10-18)13(20)22-15(4,5)6/h11,18H,7-10,16H2,1-6H3. The molecule has 130 valence electrons. The minimum Gasteiger partial charge on any atom is -0.443 e. The molecule has 1 atom stereocenters. The van der Waals surface area contributed by atoms with E-state index in [0.29, 0.717) is 12.8 Å². The van der Waals surface area contributed by atoms with Crippen LogP contribution >= 0.6 is 0 Å². The number of carbonyl (C=O) groups is 2. The molecule has 0 rings (SSSR count). The molecule has 0 radical (unpaired) electrons. The molecule has 7 nitrogen and oxygen atoms in total. The minimum absolute atomic E-state index is 0.0416. The number of aliphatic hydroxyl groups excluding tert-OH is 1. The molecular formula is C15H30N2O5. The third kappa shape index (κ3) is 9.57. The van der Waals surface area contributed by atoms with E-state index in [1.165, 1.54) is 0 Å². The fraction of sp³-hybridized carbons (Fsp3) is 0.867. The van der Waals surface area contributed by atoms with Gasteiger partial charge in [0.15, 0.2) is 0 Å². The van der Waals surface area contributed by atoms with E-state index in [0.717, 1.165) is 4.90 Å². The van der Waals surface area contributed by atoms with E-state index in [1.54, 1.807) is 41.5 Å². The highest BCUT2D eigenvalue weighted by Crippen LogP contribution is 2.15. The summed E-state index contributed by atoms with van der Waals surface area (Å²) in [5.41, 5.74) is 4.36. The lowest BCUT2D eigenvalue weighted by atomic mass is 10.1. The van der Waals surface area contributed by atoms with Crippen LogP contribution in [0.2, 0.25) is 0 Å². The lowest BCUT2D eigenvalue weighted by molar-refractivity contribution is 0.000982. The van der Waals surface area contributed by atoms with Crippen LogP contribution in [0, 0.1) is 0 Å². The van der Waals surface area contributed by atoms with Crippen LogP contribution in [0.5, 0.6) is 0 Å². The first-order valence-corrected chi connectivity index (χ1v) is 7.45. The van der Waals surface area contributed by atoms with Crippen LogP contribution in [-0.2, 0) is 9.47 Å². The smallest absolute Gasteiger partial charge is 0.419 e. The average molecular weight is 318 g/mol. The Kier molecular flexibility index (Phi) is 7.83. The summed E-state index contributed by atoms with van der Waals surface area (Å²) in [4.78, 5) is 25.2. The fourth-order valence-electron chi connectivity index (χ4n) is 1.50. The Hall–Kier alpha value is -1.34. The SMILES string of the molecule is CC(C)(C)OC(=O)N(CCC(N)CCO)C(=O)OC(C)(C)C. The van der Waals surface area contributed by atoms with Gasteiger partial charge in [-0.05, 0) is 54.4 Å². The number of carbonyl (C=O) groups excluding carboxylic acids is 2. The van der Waals surface area contributed by atoms with Crippen LogP contribution in [0.1, 0.15) is 54.4 Å². The van der Waals surface area contributed by atoms with Crippen LogP contribution < -0.4 is 5.73 Å². The van der Waals surface area contributed by atoms with E-state index < -0.39 is 23.4 Å². The fourth-order valence-corrected chi connectivity index (χ4v) is 1.50. The average Bonchev–Trinajstić information content (AvgIpc) is 2.24. The van der Waals surface area contributed by atoms with Crippen molar-refractivity contribution in [1.29, 1.82) is 0 Å². The molecule has 0 spiro atoms.